The predicted octanol–water partition coefficient (Wildman–Crippen LogP) is 4.93. The van der Waals surface area contributed by atoms with Crippen LogP contribution < -0.4 is 10.1 Å². The maximum absolute atomic E-state index is 12.7. The Morgan fingerprint density at radius 3 is 2.34 bits per heavy atom. The van der Waals surface area contributed by atoms with Gasteiger partial charge in [0, 0.05) is 17.8 Å². The number of hydrogen-bond donors (Lipinski definition) is 1. The number of para-hydroxylation sites is 2. The number of benzene rings is 3. The third kappa shape index (κ3) is 5.24. The maximum Gasteiger partial charge on any atom is 0.224 e. The number of ether oxygens (including phenoxy) is 1. The molecule has 5 heteroatoms. The van der Waals surface area contributed by atoms with Crippen molar-refractivity contribution in [3.63, 3.8) is 0 Å². The molecule has 1 amide bonds. The van der Waals surface area contributed by atoms with Gasteiger partial charge in [0.05, 0.1) is 17.8 Å². The normalized spacial score (nSPS) is 10.7. The van der Waals surface area contributed by atoms with Crippen molar-refractivity contribution in [3.8, 4) is 11.4 Å². The number of carbonyl (C=O) groups is 1. The van der Waals surface area contributed by atoms with Crippen LogP contribution in [0.5, 0.6) is 5.75 Å². The van der Waals surface area contributed by atoms with E-state index in [9.17, 15) is 4.79 Å². The average molecular weight is 426 g/mol. The summed E-state index contributed by atoms with van der Waals surface area (Å²) in [6.45, 7) is 4.92. The van der Waals surface area contributed by atoms with Crippen LogP contribution in [0.3, 0.4) is 0 Å². The third-order valence-corrected chi connectivity index (χ3v) is 5.41. The van der Waals surface area contributed by atoms with Gasteiger partial charge in [-0.3, -0.25) is 4.79 Å². The Morgan fingerprint density at radius 2 is 1.59 bits per heavy atom. The summed E-state index contributed by atoms with van der Waals surface area (Å²) < 4.78 is 7.72. The van der Waals surface area contributed by atoms with E-state index in [4.69, 9.17) is 4.74 Å². The number of carbonyl (C=O) groups excluding carboxylic acids is 1. The van der Waals surface area contributed by atoms with Crippen molar-refractivity contribution >= 4 is 5.91 Å². The highest BCUT2D eigenvalue weighted by atomic mass is 16.5. The summed E-state index contributed by atoms with van der Waals surface area (Å²) in [4.78, 5) is 12.7. The van der Waals surface area contributed by atoms with Crippen LogP contribution in [0.15, 0.2) is 84.9 Å². The molecular weight excluding hydrogens is 398 g/mol. The fourth-order valence-corrected chi connectivity index (χ4v) is 3.69. The van der Waals surface area contributed by atoms with Crippen molar-refractivity contribution in [1.29, 1.82) is 0 Å². The van der Waals surface area contributed by atoms with Gasteiger partial charge in [-0.25, -0.2) is 4.68 Å². The van der Waals surface area contributed by atoms with E-state index in [2.05, 4.69) is 16.5 Å². The average Bonchev–Trinajstić information content (AvgIpc) is 3.11. The minimum Gasteiger partial charge on any atom is -0.489 e. The molecule has 0 aliphatic rings. The Kier molecular flexibility index (Phi) is 6.66. The summed E-state index contributed by atoms with van der Waals surface area (Å²) in [6, 6.07) is 27.8. The molecule has 3 aromatic carbocycles. The van der Waals surface area contributed by atoms with E-state index in [1.165, 1.54) is 0 Å². The minimum atomic E-state index is -0.0187. The molecule has 0 saturated carbocycles. The van der Waals surface area contributed by atoms with Crippen LogP contribution in [0.4, 0.5) is 0 Å². The zero-order chi connectivity index (χ0) is 22.3. The van der Waals surface area contributed by atoms with E-state index in [-0.39, 0.29) is 5.91 Å². The molecule has 1 N–H and O–H groups in total. The van der Waals surface area contributed by atoms with Crippen molar-refractivity contribution < 1.29 is 9.53 Å². The lowest BCUT2D eigenvalue weighted by Crippen LogP contribution is -2.25. The van der Waals surface area contributed by atoms with Gasteiger partial charge in [0.15, 0.2) is 0 Å². The quantitative estimate of drug-likeness (QED) is 0.436. The first-order valence-electron chi connectivity index (χ1n) is 10.7. The molecule has 0 unspecified atom stereocenters. The van der Waals surface area contributed by atoms with Crippen LogP contribution in [0.2, 0.25) is 0 Å². The molecule has 0 radical (unpaired) electrons. The van der Waals surface area contributed by atoms with Crippen molar-refractivity contribution in [1.82, 2.24) is 15.1 Å². The molecule has 0 fully saturated rings. The smallest absolute Gasteiger partial charge is 0.224 e. The molecule has 162 valence electrons. The van der Waals surface area contributed by atoms with E-state index in [1.807, 2.05) is 97.4 Å². The van der Waals surface area contributed by atoms with Crippen LogP contribution in [-0.4, -0.2) is 15.7 Å². The lowest BCUT2D eigenvalue weighted by Gasteiger charge is -2.09. The lowest BCUT2D eigenvalue weighted by atomic mass is 10.1. The highest BCUT2D eigenvalue weighted by molar-refractivity contribution is 5.79. The van der Waals surface area contributed by atoms with Gasteiger partial charge in [-0.15, -0.1) is 0 Å². The molecule has 5 nitrogen and oxygen atoms in total. The molecule has 0 aliphatic heterocycles. The van der Waals surface area contributed by atoms with Gasteiger partial charge in [-0.1, -0.05) is 60.7 Å². The van der Waals surface area contributed by atoms with Gasteiger partial charge < -0.3 is 10.1 Å². The fourth-order valence-electron chi connectivity index (χ4n) is 3.69. The Balaban J connectivity index is 1.35. The van der Waals surface area contributed by atoms with Crippen LogP contribution >= 0.6 is 0 Å². The van der Waals surface area contributed by atoms with Gasteiger partial charge >= 0.3 is 0 Å². The summed E-state index contributed by atoms with van der Waals surface area (Å²) in [5.41, 5.74) is 5.94. The van der Waals surface area contributed by atoms with E-state index in [1.54, 1.807) is 0 Å². The Bertz CT molecular complexity index is 1180. The van der Waals surface area contributed by atoms with Gasteiger partial charge in [0.2, 0.25) is 5.91 Å². The second-order valence-electron chi connectivity index (χ2n) is 7.77. The first-order valence-corrected chi connectivity index (χ1v) is 10.7. The zero-order valence-electron chi connectivity index (χ0n) is 18.4. The Morgan fingerprint density at radius 1 is 0.906 bits per heavy atom. The Labute approximate surface area is 188 Å². The van der Waals surface area contributed by atoms with Crippen molar-refractivity contribution in [2.45, 2.75) is 33.4 Å². The number of aromatic nitrogens is 2. The predicted molar refractivity (Wildman–Crippen MR) is 126 cm³/mol. The molecule has 0 spiro atoms. The SMILES string of the molecule is Cc1nn(-c2ccccc2)c(C)c1CC(=O)NCc1cccc(COc2ccccc2)c1. The molecule has 0 saturated heterocycles. The van der Waals surface area contributed by atoms with Gasteiger partial charge in [0.25, 0.3) is 0 Å². The second-order valence-corrected chi connectivity index (χ2v) is 7.77. The van der Waals surface area contributed by atoms with Gasteiger partial charge in [0.1, 0.15) is 12.4 Å². The summed E-state index contributed by atoms with van der Waals surface area (Å²) in [5.74, 6) is 0.822. The summed E-state index contributed by atoms with van der Waals surface area (Å²) in [6.07, 6.45) is 0.307. The summed E-state index contributed by atoms with van der Waals surface area (Å²) >= 11 is 0. The van der Waals surface area contributed by atoms with Crippen LogP contribution in [0.1, 0.15) is 28.1 Å². The highest BCUT2D eigenvalue weighted by Crippen LogP contribution is 2.18. The fraction of sp³-hybridized carbons (Fsp3) is 0.185. The first-order chi connectivity index (χ1) is 15.6. The van der Waals surface area contributed by atoms with Crippen molar-refractivity contribution in [2.75, 3.05) is 0 Å². The number of amides is 1. The largest absolute Gasteiger partial charge is 0.489 e. The van der Waals surface area contributed by atoms with Gasteiger partial charge in [-0.2, -0.15) is 5.10 Å². The zero-order valence-corrected chi connectivity index (χ0v) is 18.4. The lowest BCUT2D eigenvalue weighted by molar-refractivity contribution is -0.120. The molecular formula is C27H27N3O2. The minimum absolute atomic E-state index is 0.0187. The summed E-state index contributed by atoms with van der Waals surface area (Å²) in [7, 11) is 0. The molecule has 4 aromatic rings. The van der Waals surface area contributed by atoms with Crippen LogP contribution in [0, 0.1) is 13.8 Å². The number of nitrogens with zero attached hydrogens (tertiary/aromatic N) is 2. The topological polar surface area (TPSA) is 56.2 Å². The molecule has 0 aliphatic carbocycles. The summed E-state index contributed by atoms with van der Waals surface area (Å²) in [5, 5.41) is 7.67. The van der Waals surface area contributed by atoms with Crippen molar-refractivity contribution in [3.05, 3.63) is 113 Å². The van der Waals surface area contributed by atoms with Crippen LogP contribution in [-0.2, 0) is 24.4 Å². The number of nitrogens with one attached hydrogen (secondary N) is 1. The molecule has 0 atom stereocenters. The highest BCUT2D eigenvalue weighted by Gasteiger charge is 2.15. The molecule has 4 rings (SSSR count). The van der Waals surface area contributed by atoms with Crippen molar-refractivity contribution in [2.24, 2.45) is 0 Å². The molecule has 1 aromatic heterocycles. The van der Waals surface area contributed by atoms with E-state index >= 15 is 0 Å². The first kappa shape index (κ1) is 21.4. The number of hydrogen-bond acceptors (Lipinski definition) is 3. The van der Waals surface area contributed by atoms with E-state index in [0.717, 1.165) is 39.5 Å². The van der Waals surface area contributed by atoms with E-state index in [0.29, 0.717) is 19.6 Å². The standard InChI is InChI=1S/C27H27N3O2/c1-20-26(21(2)30(29-20)24-12-5-3-6-13-24)17-27(31)28-18-22-10-9-11-23(16-22)19-32-25-14-7-4-8-15-25/h3-16H,17-19H2,1-2H3,(H,28,31). The monoisotopic (exact) mass is 425 g/mol. The van der Waals surface area contributed by atoms with E-state index < -0.39 is 0 Å². The molecule has 1 heterocycles. The number of rotatable bonds is 8. The van der Waals surface area contributed by atoms with Crippen LogP contribution in [0.25, 0.3) is 5.69 Å². The molecule has 0 bridgehead atoms. The Hall–Kier alpha value is -3.86. The molecule has 32 heavy (non-hydrogen) atoms. The van der Waals surface area contributed by atoms with Gasteiger partial charge in [-0.05, 0) is 49.2 Å². The maximum atomic E-state index is 12.7. The number of aryl methyl sites for hydroxylation is 1. The third-order valence-electron chi connectivity index (χ3n) is 5.41. The second kappa shape index (κ2) is 9.96.